The molecule has 0 bridgehead atoms. The number of rotatable bonds is 3. The summed E-state index contributed by atoms with van der Waals surface area (Å²) in [4.78, 5) is 27.0. The van der Waals surface area contributed by atoms with E-state index in [0.29, 0.717) is 0 Å². The predicted molar refractivity (Wildman–Crippen MR) is 86.4 cm³/mol. The van der Waals surface area contributed by atoms with E-state index in [1.165, 1.54) is 6.42 Å². The van der Waals surface area contributed by atoms with Crippen LogP contribution in [-0.2, 0) is 9.59 Å². The third-order valence-electron chi connectivity index (χ3n) is 4.83. The lowest BCUT2D eigenvalue weighted by Crippen LogP contribution is -2.46. The standard InChI is InChI=1S/C18H24N2O2/c21-17(19-15-10-5-2-6-11-15)16-12-7-13-20(16)18(22)14-8-3-1-4-9-14/h2,5-6,10-11,14,16H,1,3-4,7-9,12-13H2,(H,19,21). The van der Waals surface area contributed by atoms with Crippen LogP contribution in [0.4, 0.5) is 5.69 Å². The van der Waals surface area contributed by atoms with Crippen LogP contribution in [0.1, 0.15) is 44.9 Å². The van der Waals surface area contributed by atoms with E-state index in [1.54, 1.807) is 0 Å². The van der Waals surface area contributed by atoms with Crippen molar-refractivity contribution in [2.75, 3.05) is 11.9 Å². The molecule has 2 aliphatic rings. The lowest BCUT2D eigenvalue weighted by Gasteiger charge is -2.30. The molecule has 1 saturated carbocycles. The van der Waals surface area contributed by atoms with E-state index in [1.807, 2.05) is 35.2 Å². The Morgan fingerprint density at radius 1 is 0.955 bits per heavy atom. The van der Waals surface area contributed by atoms with Crippen molar-refractivity contribution in [2.45, 2.75) is 51.0 Å². The maximum Gasteiger partial charge on any atom is 0.247 e. The Bertz CT molecular complexity index is 523. The normalized spacial score (nSPS) is 22.5. The van der Waals surface area contributed by atoms with Crippen molar-refractivity contribution in [3.05, 3.63) is 30.3 Å². The zero-order chi connectivity index (χ0) is 15.4. The second-order valence-corrected chi connectivity index (χ2v) is 6.38. The quantitative estimate of drug-likeness (QED) is 0.932. The molecule has 4 nitrogen and oxygen atoms in total. The van der Waals surface area contributed by atoms with Gasteiger partial charge in [0.05, 0.1) is 0 Å². The monoisotopic (exact) mass is 300 g/mol. The van der Waals surface area contributed by atoms with Crippen LogP contribution in [0.5, 0.6) is 0 Å². The fourth-order valence-corrected chi connectivity index (χ4v) is 3.63. The number of hydrogen-bond donors (Lipinski definition) is 1. The molecule has 0 aromatic heterocycles. The van der Waals surface area contributed by atoms with Gasteiger partial charge in [-0.25, -0.2) is 0 Å². The Morgan fingerprint density at radius 3 is 2.41 bits per heavy atom. The maximum absolute atomic E-state index is 12.7. The average Bonchev–Trinajstić information content (AvgIpc) is 3.05. The highest BCUT2D eigenvalue weighted by molar-refractivity contribution is 5.97. The minimum atomic E-state index is -0.297. The van der Waals surface area contributed by atoms with Crippen LogP contribution < -0.4 is 5.32 Å². The fourth-order valence-electron chi connectivity index (χ4n) is 3.63. The number of hydrogen-bond acceptors (Lipinski definition) is 2. The van der Waals surface area contributed by atoms with Gasteiger partial charge >= 0.3 is 0 Å². The number of benzene rings is 1. The first kappa shape index (κ1) is 15.1. The van der Waals surface area contributed by atoms with Crippen LogP contribution in [0, 0.1) is 5.92 Å². The fraction of sp³-hybridized carbons (Fsp3) is 0.556. The van der Waals surface area contributed by atoms with E-state index >= 15 is 0 Å². The van der Waals surface area contributed by atoms with Gasteiger partial charge in [-0.05, 0) is 37.8 Å². The Morgan fingerprint density at radius 2 is 1.68 bits per heavy atom. The van der Waals surface area contributed by atoms with E-state index in [0.717, 1.165) is 50.8 Å². The largest absolute Gasteiger partial charge is 0.330 e. The van der Waals surface area contributed by atoms with Gasteiger partial charge in [-0.2, -0.15) is 0 Å². The van der Waals surface area contributed by atoms with Crippen LogP contribution in [0.2, 0.25) is 0 Å². The lowest BCUT2D eigenvalue weighted by molar-refractivity contribution is -0.141. The summed E-state index contributed by atoms with van der Waals surface area (Å²) in [6.07, 6.45) is 7.20. The predicted octanol–water partition coefficient (Wildman–Crippen LogP) is 3.20. The molecule has 0 spiro atoms. The van der Waals surface area contributed by atoms with Crippen LogP contribution in [0.3, 0.4) is 0 Å². The Labute approximate surface area is 131 Å². The number of anilines is 1. The molecule has 22 heavy (non-hydrogen) atoms. The Balaban J connectivity index is 1.64. The highest BCUT2D eigenvalue weighted by atomic mass is 16.2. The zero-order valence-corrected chi connectivity index (χ0v) is 13.0. The summed E-state index contributed by atoms with van der Waals surface area (Å²) in [5.74, 6) is 0.289. The van der Waals surface area contributed by atoms with E-state index in [2.05, 4.69) is 5.32 Å². The van der Waals surface area contributed by atoms with E-state index in [-0.39, 0.29) is 23.8 Å². The lowest BCUT2D eigenvalue weighted by atomic mass is 9.88. The van der Waals surface area contributed by atoms with Gasteiger partial charge in [0.25, 0.3) is 0 Å². The maximum atomic E-state index is 12.7. The molecule has 1 saturated heterocycles. The molecule has 1 unspecified atom stereocenters. The number of nitrogens with one attached hydrogen (secondary N) is 1. The van der Waals surface area contributed by atoms with Crippen LogP contribution in [-0.4, -0.2) is 29.3 Å². The highest BCUT2D eigenvalue weighted by Crippen LogP contribution is 2.29. The number of carbonyl (C=O) groups is 2. The highest BCUT2D eigenvalue weighted by Gasteiger charge is 2.37. The first-order valence-electron chi connectivity index (χ1n) is 8.42. The summed E-state index contributed by atoms with van der Waals surface area (Å²) in [5, 5.41) is 2.94. The SMILES string of the molecule is O=C(Nc1ccccc1)C1CCCN1C(=O)C1CCCCC1. The summed E-state index contributed by atoms with van der Waals surface area (Å²) in [6, 6.07) is 9.17. The van der Waals surface area contributed by atoms with Crippen LogP contribution in [0.15, 0.2) is 30.3 Å². The second-order valence-electron chi connectivity index (χ2n) is 6.38. The number of amides is 2. The number of carbonyl (C=O) groups excluding carboxylic acids is 2. The molecule has 1 aliphatic heterocycles. The van der Waals surface area contributed by atoms with Gasteiger partial charge in [0.1, 0.15) is 6.04 Å². The molecule has 1 aliphatic carbocycles. The second kappa shape index (κ2) is 6.95. The smallest absolute Gasteiger partial charge is 0.247 e. The van der Waals surface area contributed by atoms with Gasteiger partial charge < -0.3 is 10.2 Å². The van der Waals surface area contributed by atoms with E-state index in [4.69, 9.17) is 0 Å². The van der Waals surface area contributed by atoms with E-state index < -0.39 is 0 Å². The van der Waals surface area contributed by atoms with Gasteiger partial charge in [-0.15, -0.1) is 0 Å². The molecule has 1 aromatic rings. The summed E-state index contributed by atoms with van der Waals surface area (Å²) >= 11 is 0. The number of nitrogens with zero attached hydrogens (tertiary/aromatic N) is 1. The minimum absolute atomic E-state index is 0.0483. The third kappa shape index (κ3) is 3.32. The van der Waals surface area contributed by atoms with Gasteiger partial charge in [-0.3, -0.25) is 9.59 Å². The number of likely N-dealkylation sites (tertiary alicyclic amines) is 1. The van der Waals surface area contributed by atoms with Crippen molar-refractivity contribution in [1.29, 1.82) is 0 Å². The van der Waals surface area contributed by atoms with Crippen LogP contribution in [0.25, 0.3) is 0 Å². The Kier molecular flexibility index (Phi) is 4.76. The number of para-hydroxylation sites is 1. The van der Waals surface area contributed by atoms with Gasteiger partial charge in [0.2, 0.25) is 11.8 Å². The zero-order valence-electron chi connectivity index (χ0n) is 13.0. The molecule has 118 valence electrons. The average molecular weight is 300 g/mol. The van der Waals surface area contributed by atoms with Crippen molar-refractivity contribution in [1.82, 2.24) is 4.90 Å². The molecular formula is C18H24N2O2. The van der Waals surface area contributed by atoms with E-state index in [9.17, 15) is 9.59 Å². The van der Waals surface area contributed by atoms with Crippen LogP contribution >= 0.6 is 0 Å². The van der Waals surface area contributed by atoms with Crippen molar-refractivity contribution in [3.8, 4) is 0 Å². The molecule has 2 fully saturated rings. The van der Waals surface area contributed by atoms with Gasteiger partial charge in [0.15, 0.2) is 0 Å². The molecule has 1 heterocycles. The molecule has 1 aromatic carbocycles. The first-order chi connectivity index (χ1) is 10.8. The van der Waals surface area contributed by atoms with Crippen molar-refractivity contribution in [3.63, 3.8) is 0 Å². The summed E-state index contributed by atoms with van der Waals surface area (Å²) < 4.78 is 0. The summed E-state index contributed by atoms with van der Waals surface area (Å²) in [5.41, 5.74) is 0.796. The third-order valence-corrected chi connectivity index (χ3v) is 4.83. The molecule has 3 rings (SSSR count). The minimum Gasteiger partial charge on any atom is -0.330 e. The van der Waals surface area contributed by atoms with Crippen molar-refractivity contribution < 1.29 is 9.59 Å². The van der Waals surface area contributed by atoms with Gasteiger partial charge in [-0.1, -0.05) is 37.5 Å². The summed E-state index contributed by atoms with van der Waals surface area (Å²) in [7, 11) is 0. The molecule has 0 radical (unpaired) electrons. The van der Waals surface area contributed by atoms with Crippen molar-refractivity contribution in [2.24, 2.45) is 5.92 Å². The molecule has 4 heteroatoms. The Hall–Kier alpha value is -1.84. The van der Waals surface area contributed by atoms with Crippen molar-refractivity contribution >= 4 is 17.5 Å². The van der Waals surface area contributed by atoms with Gasteiger partial charge in [0, 0.05) is 18.2 Å². The topological polar surface area (TPSA) is 49.4 Å². The summed E-state index contributed by atoms with van der Waals surface area (Å²) in [6.45, 7) is 0.724. The molecule has 1 atom stereocenters. The molecular weight excluding hydrogens is 276 g/mol. The molecule has 1 N–H and O–H groups in total. The first-order valence-corrected chi connectivity index (χ1v) is 8.42. The molecule has 2 amide bonds.